The summed E-state index contributed by atoms with van der Waals surface area (Å²) in [6.07, 6.45) is 4.24. The van der Waals surface area contributed by atoms with Crippen LogP contribution in [0.4, 0.5) is 5.95 Å². The fraction of sp³-hybridized carbons (Fsp3) is 0.0435. The standard InChI is InChI=1S/C23H17N5O6S/c29-22(16-4-8-20-21(12-16)33-14-32-20)27-26-13-17-5-9-19(34-17)15-2-6-18(7-3-15)35(30,31)28-23-24-10-1-11-25-23/h1-13H,14H2,(H,27,29)(H,24,25,28). The van der Waals surface area contributed by atoms with Crippen LogP contribution < -0.4 is 19.6 Å². The van der Waals surface area contributed by atoms with Crippen LogP contribution >= 0.6 is 0 Å². The number of nitrogens with zero attached hydrogens (tertiary/aromatic N) is 3. The average Bonchev–Trinajstić information content (AvgIpc) is 3.54. The Labute approximate surface area is 199 Å². The van der Waals surface area contributed by atoms with Gasteiger partial charge in [0.25, 0.3) is 15.9 Å². The van der Waals surface area contributed by atoms with Gasteiger partial charge in [-0.15, -0.1) is 0 Å². The molecule has 2 aromatic heterocycles. The lowest BCUT2D eigenvalue weighted by Crippen LogP contribution is -2.17. The molecule has 0 saturated heterocycles. The Morgan fingerprint density at radius 2 is 1.74 bits per heavy atom. The van der Waals surface area contributed by atoms with Gasteiger partial charge < -0.3 is 13.9 Å². The molecule has 1 amide bonds. The van der Waals surface area contributed by atoms with Crippen LogP contribution in [0.15, 0.2) is 87.5 Å². The third-order valence-corrected chi connectivity index (χ3v) is 6.20. The molecular formula is C23H17N5O6S. The highest BCUT2D eigenvalue weighted by atomic mass is 32.2. The second kappa shape index (κ2) is 9.27. The number of aromatic nitrogens is 2. The number of carbonyl (C=O) groups excluding carboxylic acids is 1. The molecule has 2 aromatic carbocycles. The molecule has 0 spiro atoms. The van der Waals surface area contributed by atoms with Crippen molar-refractivity contribution in [2.45, 2.75) is 4.90 Å². The van der Waals surface area contributed by atoms with Gasteiger partial charge in [-0.05, 0) is 60.7 Å². The van der Waals surface area contributed by atoms with Crippen molar-refractivity contribution >= 4 is 28.1 Å². The van der Waals surface area contributed by atoms with Gasteiger partial charge in [0.05, 0.1) is 11.1 Å². The molecule has 35 heavy (non-hydrogen) atoms. The number of hydrazone groups is 1. The van der Waals surface area contributed by atoms with Crippen LogP contribution in [0, 0.1) is 0 Å². The monoisotopic (exact) mass is 491 g/mol. The summed E-state index contributed by atoms with van der Waals surface area (Å²) in [7, 11) is -3.84. The summed E-state index contributed by atoms with van der Waals surface area (Å²) in [5.41, 5.74) is 3.45. The summed E-state index contributed by atoms with van der Waals surface area (Å²) in [6.45, 7) is 0.122. The van der Waals surface area contributed by atoms with Gasteiger partial charge in [0.1, 0.15) is 11.5 Å². The van der Waals surface area contributed by atoms with E-state index in [-0.39, 0.29) is 17.6 Å². The number of hydrogen-bond acceptors (Lipinski definition) is 9. The molecule has 11 nitrogen and oxygen atoms in total. The van der Waals surface area contributed by atoms with E-state index in [9.17, 15) is 13.2 Å². The van der Waals surface area contributed by atoms with Crippen molar-refractivity contribution in [3.8, 4) is 22.8 Å². The van der Waals surface area contributed by atoms with Crippen LogP contribution in [-0.2, 0) is 10.0 Å². The summed E-state index contributed by atoms with van der Waals surface area (Å²) in [4.78, 5) is 20.0. The number of benzene rings is 2. The quantitative estimate of drug-likeness (QED) is 0.296. The van der Waals surface area contributed by atoms with Crippen molar-refractivity contribution in [2.75, 3.05) is 11.5 Å². The van der Waals surface area contributed by atoms with Crippen LogP contribution in [-0.4, -0.2) is 37.3 Å². The second-order valence-corrected chi connectivity index (χ2v) is 8.85. The molecule has 0 saturated carbocycles. The highest BCUT2D eigenvalue weighted by Gasteiger charge is 2.17. The normalized spacial score (nSPS) is 12.6. The summed E-state index contributed by atoms with van der Waals surface area (Å²) < 4.78 is 43.5. The fourth-order valence-electron chi connectivity index (χ4n) is 3.16. The van der Waals surface area contributed by atoms with Crippen LogP contribution in [0.1, 0.15) is 16.1 Å². The number of rotatable bonds is 7. The van der Waals surface area contributed by atoms with Gasteiger partial charge in [0.2, 0.25) is 12.7 Å². The van der Waals surface area contributed by atoms with E-state index < -0.39 is 15.9 Å². The summed E-state index contributed by atoms with van der Waals surface area (Å²) in [5, 5.41) is 3.91. The summed E-state index contributed by atoms with van der Waals surface area (Å²) >= 11 is 0. The predicted octanol–water partition coefficient (Wildman–Crippen LogP) is 3.03. The number of amides is 1. The lowest BCUT2D eigenvalue weighted by Gasteiger charge is -2.06. The summed E-state index contributed by atoms with van der Waals surface area (Å²) in [6, 6.07) is 15.9. The Hall–Kier alpha value is -4.71. The smallest absolute Gasteiger partial charge is 0.271 e. The summed E-state index contributed by atoms with van der Waals surface area (Å²) in [5.74, 6) is 1.54. The molecule has 1 aliphatic heterocycles. The van der Waals surface area contributed by atoms with Crippen molar-refractivity contribution in [3.63, 3.8) is 0 Å². The zero-order chi connectivity index (χ0) is 24.3. The molecule has 176 valence electrons. The first-order valence-electron chi connectivity index (χ1n) is 10.2. The highest BCUT2D eigenvalue weighted by Crippen LogP contribution is 2.32. The van der Waals surface area contributed by atoms with E-state index >= 15 is 0 Å². The minimum Gasteiger partial charge on any atom is -0.455 e. The molecule has 0 aliphatic carbocycles. The Kier molecular flexibility index (Phi) is 5.85. The number of carbonyl (C=O) groups is 1. The lowest BCUT2D eigenvalue weighted by atomic mass is 10.2. The molecule has 4 aromatic rings. The number of fused-ring (bicyclic) bond motifs is 1. The number of ether oxygens (including phenoxy) is 2. The molecule has 12 heteroatoms. The highest BCUT2D eigenvalue weighted by molar-refractivity contribution is 7.92. The Balaban J connectivity index is 1.22. The van der Waals surface area contributed by atoms with E-state index in [0.717, 1.165) is 0 Å². The number of anilines is 1. The molecule has 0 radical (unpaired) electrons. The van der Waals surface area contributed by atoms with Crippen molar-refractivity contribution < 1.29 is 27.1 Å². The van der Waals surface area contributed by atoms with Crippen molar-refractivity contribution in [1.82, 2.24) is 15.4 Å². The lowest BCUT2D eigenvalue weighted by molar-refractivity contribution is 0.0954. The maximum absolute atomic E-state index is 12.5. The maximum Gasteiger partial charge on any atom is 0.271 e. The van der Waals surface area contributed by atoms with Gasteiger partial charge in [-0.2, -0.15) is 5.10 Å². The van der Waals surface area contributed by atoms with Crippen LogP contribution in [0.2, 0.25) is 0 Å². The van der Waals surface area contributed by atoms with Crippen LogP contribution in [0.3, 0.4) is 0 Å². The van der Waals surface area contributed by atoms with Crippen LogP contribution in [0.25, 0.3) is 11.3 Å². The van der Waals surface area contributed by atoms with Gasteiger partial charge in [-0.25, -0.2) is 28.5 Å². The third-order valence-electron chi connectivity index (χ3n) is 4.86. The van der Waals surface area contributed by atoms with Crippen molar-refractivity contribution in [3.05, 3.63) is 84.4 Å². The van der Waals surface area contributed by atoms with Crippen molar-refractivity contribution in [2.24, 2.45) is 5.10 Å². The van der Waals surface area contributed by atoms with E-state index in [1.54, 1.807) is 48.5 Å². The van der Waals surface area contributed by atoms with E-state index in [1.807, 2.05) is 0 Å². The Bertz CT molecular complexity index is 1500. The van der Waals surface area contributed by atoms with Gasteiger partial charge in [-0.3, -0.25) is 4.79 Å². The number of hydrogen-bond donors (Lipinski definition) is 2. The molecule has 0 atom stereocenters. The van der Waals surface area contributed by atoms with Gasteiger partial charge >= 0.3 is 0 Å². The van der Waals surface area contributed by atoms with Gasteiger partial charge in [0.15, 0.2) is 11.5 Å². The molecule has 1 aliphatic rings. The Morgan fingerprint density at radius 3 is 2.54 bits per heavy atom. The number of furan rings is 1. The molecule has 0 fully saturated rings. The molecule has 2 N–H and O–H groups in total. The van der Waals surface area contributed by atoms with Gasteiger partial charge in [-0.1, -0.05) is 0 Å². The Morgan fingerprint density at radius 1 is 0.971 bits per heavy atom. The molecule has 5 rings (SSSR count). The first kappa shape index (κ1) is 22.1. The first-order chi connectivity index (χ1) is 17.0. The largest absolute Gasteiger partial charge is 0.455 e. The third kappa shape index (κ3) is 4.96. The molecule has 3 heterocycles. The maximum atomic E-state index is 12.5. The SMILES string of the molecule is O=C(NN=Cc1ccc(-c2ccc(S(=O)(=O)Nc3ncccn3)cc2)o1)c1ccc2c(c1)OCO2. The second-order valence-electron chi connectivity index (χ2n) is 7.17. The number of sulfonamides is 1. The fourth-order valence-corrected chi connectivity index (χ4v) is 4.12. The van der Waals surface area contributed by atoms with E-state index in [2.05, 4.69) is 25.2 Å². The van der Waals surface area contributed by atoms with Gasteiger partial charge in [0, 0.05) is 23.5 Å². The predicted molar refractivity (Wildman–Crippen MR) is 125 cm³/mol. The van der Waals surface area contributed by atoms with E-state index in [0.29, 0.717) is 34.1 Å². The molecule has 0 bridgehead atoms. The minimum atomic E-state index is -3.84. The van der Waals surface area contributed by atoms with Crippen LogP contribution in [0.5, 0.6) is 11.5 Å². The molecule has 0 unspecified atom stereocenters. The first-order valence-corrected chi connectivity index (χ1v) is 11.7. The zero-order valence-electron chi connectivity index (χ0n) is 17.9. The van der Waals surface area contributed by atoms with E-state index in [1.165, 1.54) is 30.7 Å². The van der Waals surface area contributed by atoms with Crippen molar-refractivity contribution in [1.29, 1.82) is 0 Å². The number of nitrogens with one attached hydrogen (secondary N) is 2. The average molecular weight is 491 g/mol. The topological polar surface area (TPSA) is 145 Å². The zero-order valence-corrected chi connectivity index (χ0v) is 18.7. The minimum absolute atomic E-state index is 0.0165. The molecular weight excluding hydrogens is 474 g/mol. The van der Waals surface area contributed by atoms with E-state index in [4.69, 9.17) is 13.9 Å².